The Bertz CT molecular complexity index is 300. The summed E-state index contributed by atoms with van der Waals surface area (Å²) in [6.07, 6.45) is 2.05. The van der Waals surface area contributed by atoms with Gasteiger partial charge in [0.05, 0.1) is 11.9 Å². The Labute approximate surface area is 103 Å². The number of rotatable bonds is 4. The first-order chi connectivity index (χ1) is 8.16. The topological polar surface area (TPSA) is 72.8 Å². The quantitative estimate of drug-likeness (QED) is 0.801. The Morgan fingerprint density at radius 2 is 1.94 bits per heavy atom. The van der Waals surface area contributed by atoms with Crippen molar-refractivity contribution in [1.29, 1.82) is 0 Å². The molecule has 3 unspecified atom stereocenters. The molecule has 6 heteroatoms. The number of ether oxygens (including phenoxy) is 2. The first-order valence-corrected chi connectivity index (χ1v) is 7.38. The molecule has 2 saturated heterocycles. The second-order valence-corrected chi connectivity index (χ2v) is 6.28. The van der Waals surface area contributed by atoms with Gasteiger partial charge in [-0.2, -0.15) is 0 Å². The monoisotopic (exact) mass is 262 g/mol. The Morgan fingerprint density at radius 3 is 2.53 bits per heavy atom. The fourth-order valence-corrected chi connectivity index (χ4v) is 3.87. The SMILES string of the molecule is O=C(O)C1CCC(CS(=O)C2CCOCC2)O1. The van der Waals surface area contributed by atoms with Gasteiger partial charge >= 0.3 is 5.97 Å². The molecule has 1 N–H and O–H groups in total. The Balaban J connectivity index is 1.77. The number of carbonyl (C=O) groups is 1. The van der Waals surface area contributed by atoms with Gasteiger partial charge in [0.15, 0.2) is 6.10 Å². The molecular weight excluding hydrogens is 244 g/mol. The van der Waals surface area contributed by atoms with Gasteiger partial charge in [-0.25, -0.2) is 4.79 Å². The maximum atomic E-state index is 12.1. The molecule has 3 atom stereocenters. The van der Waals surface area contributed by atoms with Crippen LogP contribution in [0, 0.1) is 0 Å². The molecule has 2 rings (SSSR count). The van der Waals surface area contributed by atoms with Gasteiger partial charge in [-0.05, 0) is 25.7 Å². The zero-order chi connectivity index (χ0) is 12.3. The molecule has 0 radical (unpaired) electrons. The molecule has 5 nitrogen and oxygen atoms in total. The second kappa shape index (κ2) is 5.93. The zero-order valence-corrected chi connectivity index (χ0v) is 10.5. The first-order valence-electron chi connectivity index (χ1n) is 6.00. The van der Waals surface area contributed by atoms with Crippen molar-refractivity contribution >= 4 is 16.8 Å². The van der Waals surface area contributed by atoms with Gasteiger partial charge in [0.2, 0.25) is 0 Å². The summed E-state index contributed by atoms with van der Waals surface area (Å²) in [7, 11) is -0.922. The lowest BCUT2D eigenvalue weighted by atomic mass is 10.2. The lowest BCUT2D eigenvalue weighted by Crippen LogP contribution is -2.30. The minimum Gasteiger partial charge on any atom is -0.479 e. The molecule has 2 heterocycles. The summed E-state index contributed by atoms with van der Waals surface area (Å²) in [5.41, 5.74) is 0. The molecule has 0 saturated carbocycles. The number of carboxylic acid groups (broad SMARTS) is 1. The molecular formula is C11H18O5S. The van der Waals surface area contributed by atoms with E-state index in [4.69, 9.17) is 14.6 Å². The van der Waals surface area contributed by atoms with E-state index in [2.05, 4.69) is 0 Å². The summed E-state index contributed by atoms with van der Waals surface area (Å²) < 4.78 is 22.6. The van der Waals surface area contributed by atoms with Crippen molar-refractivity contribution in [3.8, 4) is 0 Å². The first kappa shape index (κ1) is 13.0. The number of hydrogen-bond donors (Lipinski definition) is 1. The summed E-state index contributed by atoms with van der Waals surface area (Å²) in [4.78, 5) is 10.7. The van der Waals surface area contributed by atoms with Crippen molar-refractivity contribution in [1.82, 2.24) is 0 Å². The highest BCUT2D eigenvalue weighted by Crippen LogP contribution is 2.23. The van der Waals surface area contributed by atoms with E-state index in [0.29, 0.717) is 31.8 Å². The third-order valence-electron chi connectivity index (χ3n) is 3.27. The fraction of sp³-hybridized carbons (Fsp3) is 0.909. The van der Waals surface area contributed by atoms with Gasteiger partial charge in [0.25, 0.3) is 0 Å². The molecule has 0 spiro atoms. The van der Waals surface area contributed by atoms with Gasteiger partial charge in [-0.3, -0.25) is 4.21 Å². The van der Waals surface area contributed by atoms with E-state index < -0.39 is 22.9 Å². The molecule has 0 aromatic heterocycles. The van der Waals surface area contributed by atoms with E-state index in [1.807, 2.05) is 0 Å². The van der Waals surface area contributed by atoms with Gasteiger partial charge in [-0.15, -0.1) is 0 Å². The molecule has 2 aliphatic rings. The van der Waals surface area contributed by atoms with Crippen LogP contribution in [-0.2, 0) is 25.1 Å². The standard InChI is InChI=1S/C11H18O5S/c12-11(13)10-2-1-8(16-10)7-17(14)9-3-5-15-6-4-9/h8-10H,1-7H2,(H,12,13). The summed E-state index contributed by atoms with van der Waals surface area (Å²) in [6, 6.07) is 0. The highest BCUT2D eigenvalue weighted by Gasteiger charge is 2.32. The van der Waals surface area contributed by atoms with Crippen molar-refractivity contribution in [3.63, 3.8) is 0 Å². The molecule has 0 bridgehead atoms. The maximum absolute atomic E-state index is 12.1. The molecule has 0 aromatic rings. The Morgan fingerprint density at radius 1 is 1.24 bits per heavy atom. The predicted molar refractivity (Wildman–Crippen MR) is 62.4 cm³/mol. The lowest BCUT2D eigenvalue weighted by molar-refractivity contribution is -0.148. The molecule has 2 fully saturated rings. The van der Waals surface area contributed by atoms with Crippen LogP contribution in [0.2, 0.25) is 0 Å². The van der Waals surface area contributed by atoms with E-state index in [0.717, 1.165) is 12.8 Å². The Hall–Kier alpha value is -0.460. The third kappa shape index (κ3) is 3.50. The Kier molecular flexibility index (Phi) is 4.53. The van der Waals surface area contributed by atoms with Crippen LogP contribution in [0.4, 0.5) is 0 Å². The van der Waals surface area contributed by atoms with Crippen LogP contribution < -0.4 is 0 Å². The number of carboxylic acids is 1. The molecule has 17 heavy (non-hydrogen) atoms. The van der Waals surface area contributed by atoms with E-state index in [1.54, 1.807) is 0 Å². The van der Waals surface area contributed by atoms with Crippen LogP contribution in [0.5, 0.6) is 0 Å². The molecule has 2 aliphatic heterocycles. The van der Waals surface area contributed by atoms with Crippen LogP contribution in [0.1, 0.15) is 25.7 Å². The van der Waals surface area contributed by atoms with Crippen LogP contribution in [0.15, 0.2) is 0 Å². The minimum atomic E-state index is -0.922. The van der Waals surface area contributed by atoms with Crippen LogP contribution in [0.3, 0.4) is 0 Å². The lowest BCUT2D eigenvalue weighted by Gasteiger charge is -2.22. The minimum absolute atomic E-state index is 0.153. The van der Waals surface area contributed by atoms with Crippen LogP contribution in [0.25, 0.3) is 0 Å². The van der Waals surface area contributed by atoms with Crippen LogP contribution in [-0.4, -0.2) is 51.7 Å². The smallest absolute Gasteiger partial charge is 0.332 e. The normalized spacial score (nSPS) is 32.5. The van der Waals surface area contributed by atoms with Crippen molar-refractivity contribution in [2.24, 2.45) is 0 Å². The van der Waals surface area contributed by atoms with Crippen molar-refractivity contribution in [2.75, 3.05) is 19.0 Å². The maximum Gasteiger partial charge on any atom is 0.332 e. The predicted octanol–water partition coefficient (Wildman–Crippen LogP) is 0.546. The average Bonchev–Trinajstić information content (AvgIpc) is 2.79. The molecule has 0 aromatic carbocycles. The van der Waals surface area contributed by atoms with E-state index in [1.165, 1.54) is 0 Å². The molecule has 98 valence electrons. The summed E-state index contributed by atoms with van der Waals surface area (Å²) in [6.45, 7) is 1.36. The second-order valence-electron chi connectivity index (χ2n) is 4.52. The van der Waals surface area contributed by atoms with Crippen molar-refractivity contribution in [3.05, 3.63) is 0 Å². The summed E-state index contributed by atoms with van der Waals surface area (Å²) in [5, 5.41) is 8.99. The van der Waals surface area contributed by atoms with Gasteiger partial charge in [0.1, 0.15) is 0 Å². The van der Waals surface area contributed by atoms with Gasteiger partial charge < -0.3 is 14.6 Å². The summed E-state index contributed by atoms with van der Waals surface area (Å²) >= 11 is 0. The molecule has 0 aliphatic carbocycles. The highest BCUT2D eigenvalue weighted by atomic mass is 32.2. The van der Waals surface area contributed by atoms with Crippen molar-refractivity contribution in [2.45, 2.75) is 43.1 Å². The molecule has 0 amide bonds. The largest absolute Gasteiger partial charge is 0.479 e. The van der Waals surface area contributed by atoms with Gasteiger partial charge in [-0.1, -0.05) is 0 Å². The fourth-order valence-electron chi connectivity index (χ4n) is 2.27. The number of aliphatic carboxylic acids is 1. The van der Waals surface area contributed by atoms with Gasteiger partial charge in [0, 0.05) is 29.3 Å². The number of hydrogen-bond acceptors (Lipinski definition) is 4. The van der Waals surface area contributed by atoms with Crippen LogP contribution >= 0.6 is 0 Å². The van der Waals surface area contributed by atoms with E-state index in [9.17, 15) is 9.00 Å². The summed E-state index contributed by atoms with van der Waals surface area (Å²) in [5.74, 6) is -0.446. The van der Waals surface area contributed by atoms with E-state index in [-0.39, 0.29) is 11.4 Å². The van der Waals surface area contributed by atoms with E-state index >= 15 is 0 Å². The zero-order valence-electron chi connectivity index (χ0n) is 9.67. The highest BCUT2D eigenvalue weighted by molar-refractivity contribution is 7.85. The van der Waals surface area contributed by atoms with Crippen molar-refractivity contribution < 1.29 is 23.6 Å². The average molecular weight is 262 g/mol. The third-order valence-corrected chi connectivity index (χ3v) is 5.19.